The predicted octanol–water partition coefficient (Wildman–Crippen LogP) is 2.44. The van der Waals surface area contributed by atoms with Gasteiger partial charge in [0, 0.05) is 42.4 Å². The van der Waals surface area contributed by atoms with Crippen molar-refractivity contribution in [1.29, 1.82) is 0 Å². The van der Waals surface area contributed by atoms with Gasteiger partial charge in [0.1, 0.15) is 5.75 Å². The molecule has 3 rings (SSSR count). The molecular weight excluding hydrogens is 348 g/mol. The van der Waals surface area contributed by atoms with Crippen molar-refractivity contribution in [2.45, 2.75) is 32.9 Å². The topological polar surface area (TPSA) is 115 Å². The lowest BCUT2D eigenvalue weighted by atomic mass is 10.1. The summed E-state index contributed by atoms with van der Waals surface area (Å²) in [5.74, 6) is -1.60. The molecule has 0 saturated carbocycles. The van der Waals surface area contributed by atoms with E-state index in [1.165, 1.54) is 28.1 Å². The average molecular weight is 372 g/mol. The lowest BCUT2D eigenvalue weighted by Crippen LogP contribution is -2.23. The summed E-state index contributed by atoms with van der Waals surface area (Å²) in [6.07, 6.45) is 2.13. The molecule has 1 heterocycles. The van der Waals surface area contributed by atoms with Gasteiger partial charge in [-0.15, -0.1) is 0 Å². The molecule has 0 bridgehead atoms. The molecule has 0 amide bonds. The molecule has 2 aromatic rings. The molecule has 0 radical (unpaired) electrons. The number of hydrogen-bond acceptors (Lipinski definition) is 4. The summed E-state index contributed by atoms with van der Waals surface area (Å²) in [5, 5.41) is 15.6. The maximum absolute atomic E-state index is 9.55. The molecule has 0 spiro atoms. The van der Waals surface area contributed by atoms with Crippen LogP contribution in [0.5, 0.6) is 5.75 Å². The predicted molar refractivity (Wildman–Crippen MR) is 102 cm³/mol. The Morgan fingerprint density at radius 2 is 1.85 bits per heavy atom. The number of benzene rings is 1. The van der Waals surface area contributed by atoms with E-state index in [2.05, 4.69) is 29.7 Å². The molecule has 0 aliphatic heterocycles. The number of aryl methyl sites for hydroxylation is 1. The highest BCUT2D eigenvalue weighted by atomic mass is 16.5. The molecule has 1 aliphatic rings. The number of fused-ring (bicyclic) bond motifs is 3. The third kappa shape index (κ3) is 4.98. The van der Waals surface area contributed by atoms with Gasteiger partial charge in [-0.25, -0.2) is 9.59 Å². The molecule has 1 aliphatic carbocycles. The van der Waals surface area contributed by atoms with Crippen LogP contribution in [0.2, 0.25) is 0 Å². The highest BCUT2D eigenvalue weighted by molar-refractivity contribution is 5.89. The third-order valence-electron chi connectivity index (χ3n) is 4.18. The molecule has 4 N–H and O–H groups in total. The van der Waals surface area contributed by atoms with Crippen LogP contribution in [0, 0.1) is 6.92 Å². The molecule has 7 heteroatoms. The zero-order valence-corrected chi connectivity index (χ0v) is 15.6. The Hall–Kier alpha value is -3.06. The summed E-state index contributed by atoms with van der Waals surface area (Å²) < 4.78 is 7.69. The first-order valence-electron chi connectivity index (χ1n) is 8.48. The zero-order valence-electron chi connectivity index (χ0n) is 15.6. The molecule has 0 saturated heterocycles. The molecule has 0 unspecified atom stereocenters. The highest BCUT2D eigenvalue weighted by Crippen LogP contribution is 2.40. The Kier molecular flexibility index (Phi) is 6.41. The van der Waals surface area contributed by atoms with Crippen molar-refractivity contribution in [3.63, 3.8) is 0 Å². The first-order chi connectivity index (χ1) is 12.7. The SMILES string of the molecule is COc1ccc2c(c1)-c1c(cc(C)n1C[C@H](C)N)C2.O=C(O)C=CC(=O)O. The van der Waals surface area contributed by atoms with Crippen LogP contribution >= 0.6 is 0 Å². The maximum Gasteiger partial charge on any atom is 0.328 e. The number of methoxy groups -OCH3 is 1. The Labute approximate surface area is 157 Å². The van der Waals surface area contributed by atoms with Crippen LogP contribution in [0.15, 0.2) is 36.4 Å². The molecule has 1 aromatic carbocycles. The molecule has 7 nitrogen and oxygen atoms in total. The normalized spacial score (nSPS) is 12.7. The lowest BCUT2D eigenvalue weighted by Gasteiger charge is -2.14. The second-order valence-corrected chi connectivity index (χ2v) is 6.46. The van der Waals surface area contributed by atoms with Crippen molar-refractivity contribution < 1.29 is 24.5 Å². The monoisotopic (exact) mass is 372 g/mol. The molecule has 1 atom stereocenters. The highest BCUT2D eigenvalue weighted by Gasteiger charge is 2.24. The van der Waals surface area contributed by atoms with Crippen molar-refractivity contribution in [3.05, 3.63) is 53.2 Å². The van der Waals surface area contributed by atoms with Gasteiger partial charge in [0.15, 0.2) is 0 Å². The molecule has 144 valence electrons. The fraction of sp³-hybridized carbons (Fsp3) is 0.300. The Bertz CT molecular complexity index is 865. The van der Waals surface area contributed by atoms with E-state index in [0.29, 0.717) is 12.2 Å². The van der Waals surface area contributed by atoms with Gasteiger partial charge in [-0.1, -0.05) is 6.07 Å². The van der Waals surface area contributed by atoms with E-state index in [0.717, 1.165) is 18.7 Å². The summed E-state index contributed by atoms with van der Waals surface area (Å²) in [5.41, 5.74) is 12.7. The summed E-state index contributed by atoms with van der Waals surface area (Å²) >= 11 is 0. The van der Waals surface area contributed by atoms with E-state index in [4.69, 9.17) is 20.7 Å². The van der Waals surface area contributed by atoms with Crippen LogP contribution in [-0.4, -0.2) is 39.9 Å². The van der Waals surface area contributed by atoms with Gasteiger partial charge in [0.2, 0.25) is 0 Å². The van der Waals surface area contributed by atoms with E-state index in [9.17, 15) is 9.59 Å². The van der Waals surface area contributed by atoms with Gasteiger partial charge in [0.05, 0.1) is 12.8 Å². The average Bonchev–Trinajstić information content (AvgIpc) is 3.08. The van der Waals surface area contributed by atoms with Crippen molar-refractivity contribution in [3.8, 4) is 17.0 Å². The first-order valence-corrected chi connectivity index (χ1v) is 8.48. The number of carboxylic acid groups (broad SMARTS) is 2. The van der Waals surface area contributed by atoms with E-state index in [-0.39, 0.29) is 6.04 Å². The van der Waals surface area contributed by atoms with Gasteiger partial charge in [-0.05, 0) is 43.2 Å². The van der Waals surface area contributed by atoms with Gasteiger partial charge in [0.25, 0.3) is 0 Å². The summed E-state index contributed by atoms with van der Waals surface area (Å²) in [4.78, 5) is 19.1. The zero-order chi connectivity index (χ0) is 20.1. The van der Waals surface area contributed by atoms with Crippen LogP contribution < -0.4 is 10.5 Å². The van der Waals surface area contributed by atoms with Crippen LogP contribution in [0.3, 0.4) is 0 Å². The fourth-order valence-electron chi connectivity index (χ4n) is 3.13. The van der Waals surface area contributed by atoms with Gasteiger partial charge in [-0.3, -0.25) is 0 Å². The second-order valence-electron chi connectivity index (χ2n) is 6.46. The van der Waals surface area contributed by atoms with E-state index < -0.39 is 11.9 Å². The van der Waals surface area contributed by atoms with E-state index in [1.54, 1.807) is 7.11 Å². The largest absolute Gasteiger partial charge is 0.497 e. The van der Waals surface area contributed by atoms with Gasteiger partial charge in [-0.2, -0.15) is 0 Å². The fourth-order valence-corrected chi connectivity index (χ4v) is 3.13. The van der Waals surface area contributed by atoms with E-state index >= 15 is 0 Å². The Morgan fingerprint density at radius 3 is 2.37 bits per heavy atom. The van der Waals surface area contributed by atoms with Crippen molar-refractivity contribution >= 4 is 11.9 Å². The number of nitrogens with zero attached hydrogens (tertiary/aromatic N) is 1. The summed E-state index contributed by atoms with van der Waals surface area (Å²) in [7, 11) is 1.71. The third-order valence-corrected chi connectivity index (χ3v) is 4.18. The van der Waals surface area contributed by atoms with Crippen LogP contribution in [0.25, 0.3) is 11.3 Å². The summed E-state index contributed by atoms with van der Waals surface area (Å²) in [6, 6.07) is 8.78. The number of rotatable bonds is 5. The number of aromatic nitrogens is 1. The first kappa shape index (κ1) is 20.3. The van der Waals surface area contributed by atoms with Crippen LogP contribution in [-0.2, 0) is 22.6 Å². The molecule has 27 heavy (non-hydrogen) atoms. The standard InChI is InChI=1S/C16H20N2O.C4H4O4/c1-10(17)9-18-11(2)6-13-7-12-4-5-14(19-3)8-15(12)16(13)18;5-3(6)1-2-4(7)8/h4-6,8,10H,7,9,17H2,1-3H3;1-2H,(H,5,6)(H,7,8)/t10-;/m0./s1. The minimum Gasteiger partial charge on any atom is -0.497 e. The number of ether oxygens (including phenoxy) is 1. The number of hydrogen-bond donors (Lipinski definition) is 3. The molecular formula is C20H24N2O5. The van der Waals surface area contributed by atoms with Crippen LogP contribution in [0.4, 0.5) is 0 Å². The quantitative estimate of drug-likeness (QED) is 0.593. The van der Waals surface area contributed by atoms with Crippen molar-refractivity contribution in [2.75, 3.05) is 7.11 Å². The van der Waals surface area contributed by atoms with Crippen molar-refractivity contribution in [2.24, 2.45) is 5.73 Å². The number of aliphatic carboxylic acids is 2. The lowest BCUT2D eigenvalue weighted by molar-refractivity contribution is -0.134. The van der Waals surface area contributed by atoms with Crippen LogP contribution in [0.1, 0.15) is 23.7 Å². The molecule has 0 fully saturated rings. The minimum absolute atomic E-state index is 0.157. The Morgan fingerprint density at radius 1 is 1.22 bits per heavy atom. The number of nitrogens with two attached hydrogens (primary N) is 1. The minimum atomic E-state index is -1.26. The van der Waals surface area contributed by atoms with E-state index in [1.807, 2.05) is 13.0 Å². The molecule has 1 aromatic heterocycles. The summed E-state index contributed by atoms with van der Waals surface area (Å²) in [6.45, 7) is 5.06. The van der Waals surface area contributed by atoms with Gasteiger partial charge < -0.3 is 25.3 Å². The number of carboxylic acids is 2. The van der Waals surface area contributed by atoms with Crippen molar-refractivity contribution in [1.82, 2.24) is 4.57 Å². The maximum atomic E-state index is 9.55. The second kappa shape index (κ2) is 8.55. The number of carbonyl (C=O) groups is 2. The van der Waals surface area contributed by atoms with Gasteiger partial charge >= 0.3 is 11.9 Å². The Balaban J connectivity index is 0.000000279. The smallest absolute Gasteiger partial charge is 0.328 e.